The zero-order chi connectivity index (χ0) is 18.6. The van der Waals surface area contributed by atoms with Gasteiger partial charge in [0.2, 0.25) is 0 Å². The molecule has 1 saturated heterocycles. The van der Waals surface area contributed by atoms with Crippen LogP contribution in [0.1, 0.15) is 11.1 Å². The summed E-state index contributed by atoms with van der Waals surface area (Å²) in [5.74, 6) is 0. The van der Waals surface area contributed by atoms with E-state index in [0.717, 1.165) is 57.2 Å². The molecule has 4 rings (SSSR count). The number of rotatable bonds is 5. The van der Waals surface area contributed by atoms with Crippen molar-refractivity contribution in [2.45, 2.75) is 0 Å². The number of aliphatic hydroxyl groups is 1. The molecule has 5 nitrogen and oxygen atoms in total. The minimum absolute atomic E-state index is 0.239. The van der Waals surface area contributed by atoms with E-state index in [-0.39, 0.29) is 6.61 Å². The van der Waals surface area contributed by atoms with E-state index < -0.39 is 0 Å². The van der Waals surface area contributed by atoms with Crippen LogP contribution in [0.15, 0.2) is 48.5 Å². The van der Waals surface area contributed by atoms with E-state index in [4.69, 9.17) is 10.8 Å². The predicted molar refractivity (Wildman–Crippen MR) is 113 cm³/mol. The quantitative estimate of drug-likeness (QED) is 0.710. The highest BCUT2D eigenvalue weighted by Gasteiger charge is 2.24. The highest BCUT2D eigenvalue weighted by molar-refractivity contribution is 6.01. The number of nitrogens with zero attached hydrogens (tertiary/aromatic N) is 2. The van der Waals surface area contributed by atoms with Gasteiger partial charge in [-0.3, -0.25) is 9.80 Å². The number of nitrogen functional groups attached to an aromatic ring is 1. The molecule has 0 amide bonds. The molecular formula is C22H28N4O. The van der Waals surface area contributed by atoms with E-state index in [2.05, 4.69) is 51.5 Å². The molecule has 0 aromatic heterocycles. The maximum Gasteiger partial charge on any atom is 0.0653 e. The first-order chi connectivity index (χ1) is 13.3. The van der Waals surface area contributed by atoms with Crippen LogP contribution in [0, 0.1) is 0 Å². The van der Waals surface area contributed by atoms with Crippen molar-refractivity contribution >= 4 is 22.5 Å². The first kappa shape index (κ1) is 18.0. The van der Waals surface area contributed by atoms with E-state index in [0.29, 0.717) is 0 Å². The van der Waals surface area contributed by atoms with Gasteiger partial charge in [-0.25, -0.2) is 0 Å². The molecule has 5 heteroatoms. The Morgan fingerprint density at radius 3 is 2.44 bits per heavy atom. The largest absolute Gasteiger partial charge is 0.397 e. The zero-order valence-corrected chi connectivity index (χ0v) is 15.7. The lowest BCUT2D eigenvalue weighted by atomic mass is 9.95. The van der Waals surface area contributed by atoms with Crippen molar-refractivity contribution in [1.29, 1.82) is 0 Å². The minimum atomic E-state index is 0.239. The number of hydrogen-bond acceptors (Lipinski definition) is 5. The summed E-state index contributed by atoms with van der Waals surface area (Å²) in [6, 6.07) is 16.9. The monoisotopic (exact) mass is 364 g/mol. The molecule has 0 radical (unpaired) electrons. The van der Waals surface area contributed by atoms with Gasteiger partial charge in [-0.15, -0.1) is 0 Å². The summed E-state index contributed by atoms with van der Waals surface area (Å²) < 4.78 is 0. The average molecular weight is 364 g/mol. The summed E-state index contributed by atoms with van der Waals surface area (Å²) in [6.45, 7) is 6.85. The van der Waals surface area contributed by atoms with Crippen molar-refractivity contribution in [3.63, 3.8) is 0 Å². The molecule has 2 aliphatic rings. The Balaban J connectivity index is 1.64. The van der Waals surface area contributed by atoms with Gasteiger partial charge in [0.25, 0.3) is 0 Å². The van der Waals surface area contributed by atoms with Crippen LogP contribution in [0.3, 0.4) is 0 Å². The SMILES string of the molecule is Nc1cccc2c1NCC2=C(CN1CCN(CCO)CC1)c1ccccc1. The van der Waals surface area contributed by atoms with Crippen molar-refractivity contribution in [1.82, 2.24) is 9.80 Å². The molecule has 2 aliphatic heterocycles. The number of nitrogens with one attached hydrogen (secondary N) is 1. The van der Waals surface area contributed by atoms with E-state index in [1.165, 1.54) is 22.3 Å². The third-order valence-corrected chi connectivity index (χ3v) is 5.61. The van der Waals surface area contributed by atoms with Crippen LogP contribution in [0.5, 0.6) is 0 Å². The molecule has 2 aromatic carbocycles. The molecule has 0 atom stereocenters. The molecule has 142 valence electrons. The van der Waals surface area contributed by atoms with Crippen LogP contribution < -0.4 is 11.1 Å². The van der Waals surface area contributed by atoms with Crippen molar-refractivity contribution < 1.29 is 5.11 Å². The van der Waals surface area contributed by atoms with Crippen LogP contribution in [-0.2, 0) is 0 Å². The lowest BCUT2D eigenvalue weighted by molar-refractivity contribution is 0.121. The van der Waals surface area contributed by atoms with Gasteiger partial charge in [-0.05, 0) is 22.8 Å². The van der Waals surface area contributed by atoms with E-state index in [1.54, 1.807) is 0 Å². The molecule has 2 heterocycles. The third-order valence-electron chi connectivity index (χ3n) is 5.61. The second kappa shape index (κ2) is 8.13. The number of fused-ring (bicyclic) bond motifs is 1. The second-order valence-corrected chi connectivity index (χ2v) is 7.29. The Kier molecular flexibility index (Phi) is 5.43. The number of piperazine rings is 1. The van der Waals surface area contributed by atoms with Crippen LogP contribution >= 0.6 is 0 Å². The molecule has 4 N–H and O–H groups in total. The average Bonchev–Trinajstić information content (AvgIpc) is 3.14. The van der Waals surface area contributed by atoms with Crippen molar-refractivity contribution in [3.05, 3.63) is 59.7 Å². The molecule has 0 saturated carbocycles. The van der Waals surface area contributed by atoms with Gasteiger partial charge in [-0.2, -0.15) is 0 Å². The maximum atomic E-state index is 9.16. The first-order valence-electron chi connectivity index (χ1n) is 9.72. The third kappa shape index (κ3) is 3.86. The van der Waals surface area contributed by atoms with Crippen LogP contribution in [-0.4, -0.2) is 67.3 Å². The van der Waals surface area contributed by atoms with E-state index in [1.807, 2.05) is 12.1 Å². The summed E-state index contributed by atoms with van der Waals surface area (Å²) in [6.07, 6.45) is 0. The summed E-state index contributed by atoms with van der Waals surface area (Å²) in [5, 5.41) is 12.6. The van der Waals surface area contributed by atoms with Gasteiger partial charge in [-0.1, -0.05) is 42.5 Å². The summed E-state index contributed by atoms with van der Waals surface area (Å²) >= 11 is 0. The normalized spacial score (nSPS) is 19.6. The highest BCUT2D eigenvalue weighted by Crippen LogP contribution is 2.39. The molecule has 0 unspecified atom stereocenters. The van der Waals surface area contributed by atoms with Gasteiger partial charge in [0.05, 0.1) is 18.0 Å². The lowest BCUT2D eigenvalue weighted by Gasteiger charge is -2.35. The van der Waals surface area contributed by atoms with Crippen LogP contribution in [0.4, 0.5) is 11.4 Å². The predicted octanol–water partition coefficient (Wildman–Crippen LogP) is 2.21. The minimum Gasteiger partial charge on any atom is -0.397 e. The Hall–Kier alpha value is -2.34. The molecule has 0 aliphatic carbocycles. The number of nitrogens with two attached hydrogens (primary N) is 1. The lowest BCUT2D eigenvalue weighted by Crippen LogP contribution is -2.47. The fourth-order valence-corrected chi connectivity index (χ4v) is 4.10. The van der Waals surface area contributed by atoms with Crippen LogP contribution in [0.2, 0.25) is 0 Å². The molecule has 1 fully saturated rings. The Bertz CT molecular complexity index is 810. The number of aliphatic hydroxyl groups excluding tert-OH is 1. The zero-order valence-electron chi connectivity index (χ0n) is 15.7. The molecule has 2 aromatic rings. The number of β-amino-alcohol motifs (C(OH)–C–C–N with tert-alkyl or cyclic N) is 1. The van der Waals surface area contributed by atoms with Crippen molar-refractivity contribution in [2.24, 2.45) is 0 Å². The molecule has 0 spiro atoms. The smallest absolute Gasteiger partial charge is 0.0653 e. The van der Waals surface area contributed by atoms with Gasteiger partial charge in [0.1, 0.15) is 0 Å². The summed E-state index contributed by atoms with van der Waals surface area (Å²) in [5.41, 5.74) is 13.3. The van der Waals surface area contributed by atoms with Gasteiger partial charge >= 0.3 is 0 Å². The van der Waals surface area contributed by atoms with Crippen molar-refractivity contribution in [3.8, 4) is 0 Å². The first-order valence-corrected chi connectivity index (χ1v) is 9.72. The van der Waals surface area contributed by atoms with Gasteiger partial charge < -0.3 is 16.2 Å². The van der Waals surface area contributed by atoms with Gasteiger partial charge in [0, 0.05) is 51.4 Å². The number of para-hydroxylation sites is 1. The molecule has 0 bridgehead atoms. The Morgan fingerprint density at radius 2 is 1.70 bits per heavy atom. The highest BCUT2D eigenvalue weighted by atomic mass is 16.3. The standard InChI is InChI=1S/C22H28N4O/c23-21-8-4-7-18-19(15-24-22(18)21)20(17-5-2-1-3-6-17)16-26-11-9-25(10-12-26)13-14-27/h1-8,24,27H,9-16,23H2. The summed E-state index contributed by atoms with van der Waals surface area (Å²) in [7, 11) is 0. The Morgan fingerprint density at radius 1 is 0.963 bits per heavy atom. The number of hydrogen-bond donors (Lipinski definition) is 3. The van der Waals surface area contributed by atoms with Gasteiger partial charge in [0.15, 0.2) is 0 Å². The maximum absolute atomic E-state index is 9.16. The van der Waals surface area contributed by atoms with E-state index in [9.17, 15) is 0 Å². The van der Waals surface area contributed by atoms with Crippen LogP contribution in [0.25, 0.3) is 11.1 Å². The molecular weight excluding hydrogens is 336 g/mol. The molecule has 27 heavy (non-hydrogen) atoms. The summed E-state index contributed by atoms with van der Waals surface area (Å²) in [4.78, 5) is 4.85. The number of anilines is 2. The topological polar surface area (TPSA) is 64.8 Å². The van der Waals surface area contributed by atoms with Crippen molar-refractivity contribution in [2.75, 3.05) is 63.5 Å². The fourth-order valence-electron chi connectivity index (χ4n) is 4.10. The Labute approximate surface area is 161 Å². The fraction of sp³-hybridized carbons (Fsp3) is 0.364. The second-order valence-electron chi connectivity index (χ2n) is 7.29. The van der Waals surface area contributed by atoms with E-state index >= 15 is 0 Å². The number of benzene rings is 2.